The number of hydrogen-bond acceptors (Lipinski definition) is 8. The highest BCUT2D eigenvalue weighted by Gasteiger charge is 2.47. The first-order chi connectivity index (χ1) is 16.2. The van der Waals surface area contributed by atoms with E-state index in [2.05, 4.69) is 15.3 Å². The number of nitrogens with one attached hydrogen (secondary N) is 1. The van der Waals surface area contributed by atoms with Crippen molar-refractivity contribution in [2.75, 3.05) is 11.9 Å². The molecule has 0 bridgehead atoms. The lowest BCUT2D eigenvalue weighted by atomic mass is 9.85. The van der Waals surface area contributed by atoms with Crippen LogP contribution in [-0.2, 0) is 9.47 Å². The first-order valence-electron chi connectivity index (χ1n) is 11.3. The molecule has 2 aliphatic rings. The van der Waals surface area contributed by atoms with E-state index in [1.165, 1.54) is 29.8 Å². The minimum atomic E-state index is -0.607. The van der Waals surface area contributed by atoms with Gasteiger partial charge in [0.15, 0.2) is 5.79 Å². The zero-order valence-electron chi connectivity index (χ0n) is 19.3. The molecule has 0 spiro atoms. The molecular weight excluding hydrogens is 459 g/mol. The molecule has 5 rings (SSSR count). The van der Waals surface area contributed by atoms with Crippen LogP contribution in [0.5, 0.6) is 5.75 Å². The van der Waals surface area contributed by atoms with E-state index in [9.17, 15) is 9.18 Å². The van der Waals surface area contributed by atoms with Crippen molar-refractivity contribution in [1.82, 2.24) is 9.97 Å². The highest BCUT2D eigenvalue weighted by molar-refractivity contribution is 7.20. The van der Waals surface area contributed by atoms with E-state index >= 15 is 0 Å². The van der Waals surface area contributed by atoms with Gasteiger partial charge in [0.25, 0.3) is 5.91 Å². The monoisotopic (exact) mass is 486 g/mol. The van der Waals surface area contributed by atoms with Crippen LogP contribution in [0, 0.1) is 18.7 Å². The van der Waals surface area contributed by atoms with Crippen molar-refractivity contribution in [2.45, 2.75) is 58.0 Å². The maximum atomic E-state index is 14.1. The SMILES string of the molecule is Cc1c(C(N)=O)sc2ncnc(Nc3ccc(F)cc3OCC3CCC[C@H]4OC(C)(C)O[C@@H]34)c12. The normalized spacial score (nSPS) is 23.6. The number of carbonyl (C=O) groups is 1. The van der Waals surface area contributed by atoms with Crippen molar-refractivity contribution < 1.29 is 23.4 Å². The molecule has 1 aromatic carbocycles. The largest absolute Gasteiger partial charge is 0.491 e. The van der Waals surface area contributed by atoms with Crippen molar-refractivity contribution in [2.24, 2.45) is 11.7 Å². The number of rotatable bonds is 6. The highest BCUT2D eigenvalue weighted by Crippen LogP contribution is 2.41. The lowest BCUT2D eigenvalue weighted by Gasteiger charge is -2.31. The zero-order chi connectivity index (χ0) is 24.0. The summed E-state index contributed by atoms with van der Waals surface area (Å²) in [5, 5.41) is 3.94. The Morgan fingerprint density at radius 1 is 1.32 bits per heavy atom. The fourth-order valence-corrected chi connectivity index (χ4v) is 5.86. The van der Waals surface area contributed by atoms with E-state index in [1.54, 1.807) is 13.0 Å². The van der Waals surface area contributed by atoms with E-state index in [1.807, 2.05) is 13.8 Å². The molecule has 3 atom stereocenters. The summed E-state index contributed by atoms with van der Waals surface area (Å²) in [6, 6.07) is 4.32. The van der Waals surface area contributed by atoms with Crippen LogP contribution in [0.1, 0.15) is 48.3 Å². The number of aromatic nitrogens is 2. The van der Waals surface area contributed by atoms with Crippen LogP contribution in [0.25, 0.3) is 10.2 Å². The van der Waals surface area contributed by atoms with Crippen molar-refractivity contribution in [3.05, 3.63) is 40.8 Å². The third-order valence-electron chi connectivity index (χ3n) is 6.35. The molecule has 1 unspecified atom stereocenters. The Kier molecular flexibility index (Phi) is 5.91. The summed E-state index contributed by atoms with van der Waals surface area (Å²) in [5.41, 5.74) is 6.77. The lowest BCUT2D eigenvalue weighted by molar-refractivity contribution is -0.149. The summed E-state index contributed by atoms with van der Waals surface area (Å²) in [7, 11) is 0. The number of thiophene rings is 1. The second-order valence-electron chi connectivity index (χ2n) is 9.23. The predicted octanol–water partition coefficient (Wildman–Crippen LogP) is 4.68. The minimum absolute atomic E-state index is 0.0455. The molecule has 1 aliphatic heterocycles. The average molecular weight is 487 g/mol. The molecule has 3 N–H and O–H groups in total. The first-order valence-corrected chi connectivity index (χ1v) is 12.1. The van der Waals surface area contributed by atoms with Crippen LogP contribution < -0.4 is 15.8 Å². The number of fused-ring (bicyclic) bond motifs is 2. The number of nitrogens with zero attached hydrogens (tertiary/aromatic N) is 2. The summed E-state index contributed by atoms with van der Waals surface area (Å²) in [6.07, 6.45) is 4.37. The number of aryl methyl sites for hydroxylation is 1. The van der Waals surface area contributed by atoms with Gasteiger partial charge in [-0.3, -0.25) is 4.79 Å². The molecule has 2 aromatic heterocycles. The summed E-state index contributed by atoms with van der Waals surface area (Å²) < 4.78 is 32.5. The molecule has 3 heterocycles. The van der Waals surface area contributed by atoms with Crippen LogP contribution in [-0.4, -0.2) is 40.5 Å². The van der Waals surface area contributed by atoms with Gasteiger partial charge < -0.3 is 25.3 Å². The summed E-state index contributed by atoms with van der Waals surface area (Å²) in [4.78, 5) is 21.5. The molecule has 1 saturated carbocycles. The fourth-order valence-electron chi connectivity index (χ4n) is 4.85. The van der Waals surface area contributed by atoms with Crippen molar-refractivity contribution >= 4 is 39.0 Å². The summed E-state index contributed by atoms with van der Waals surface area (Å²) >= 11 is 1.22. The predicted molar refractivity (Wildman–Crippen MR) is 127 cm³/mol. The van der Waals surface area contributed by atoms with Gasteiger partial charge in [0.2, 0.25) is 0 Å². The van der Waals surface area contributed by atoms with Crippen molar-refractivity contribution in [1.29, 1.82) is 0 Å². The van der Waals surface area contributed by atoms with Gasteiger partial charge in [-0.1, -0.05) is 6.42 Å². The molecule has 1 amide bonds. The average Bonchev–Trinajstić information content (AvgIpc) is 3.30. The molecule has 10 heteroatoms. The van der Waals surface area contributed by atoms with Gasteiger partial charge in [0.05, 0.1) is 34.8 Å². The molecule has 2 fully saturated rings. The summed E-state index contributed by atoms with van der Waals surface area (Å²) in [6.45, 7) is 6.04. The number of ether oxygens (including phenoxy) is 3. The molecule has 3 aromatic rings. The number of primary amides is 1. The van der Waals surface area contributed by atoms with Gasteiger partial charge in [-0.2, -0.15) is 0 Å². The smallest absolute Gasteiger partial charge is 0.259 e. The third kappa shape index (κ3) is 4.33. The number of halogens is 1. The van der Waals surface area contributed by atoms with Gasteiger partial charge >= 0.3 is 0 Å². The Bertz CT molecular complexity index is 1250. The lowest BCUT2D eigenvalue weighted by Crippen LogP contribution is -2.38. The standard InChI is InChI=1S/C24H27FN4O4S/c1-12-18-22(27-11-28-23(18)34-20(12)21(26)30)29-15-8-7-14(25)9-17(15)31-10-13-5-4-6-16-19(13)33-24(2,3)32-16/h7-9,11,13,16,19H,4-6,10H2,1-3H3,(H2,26,30)(H,27,28,29)/t13?,16-,19+/m1/s1. The van der Waals surface area contributed by atoms with Gasteiger partial charge in [-0.15, -0.1) is 11.3 Å². The Morgan fingerprint density at radius 2 is 2.15 bits per heavy atom. The molecule has 180 valence electrons. The van der Waals surface area contributed by atoms with Crippen LogP contribution >= 0.6 is 11.3 Å². The Hall–Kier alpha value is -2.82. The maximum Gasteiger partial charge on any atom is 0.259 e. The number of hydrogen-bond donors (Lipinski definition) is 2. The molecule has 8 nitrogen and oxygen atoms in total. The molecular formula is C24H27FN4O4S. The number of amides is 1. The second-order valence-corrected chi connectivity index (χ2v) is 10.2. The van der Waals surface area contributed by atoms with Crippen LogP contribution in [0.4, 0.5) is 15.9 Å². The number of anilines is 2. The molecule has 1 saturated heterocycles. The topological polar surface area (TPSA) is 109 Å². The molecule has 34 heavy (non-hydrogen) atoms. The number of carbonyl (C=O) groups excluding carboxylic acids is 1. The van der Waals surface area contributed by atoms with Gasteiger partial charge in [0, 0.05) is 12.0 Å². The van der Waals surface area contributed by atoms with E-state index in [0.717, 1.165) is 19.3 Å². The highest BCUT2D eigenvalue weighted by atomic mass is 32.1. The quantitative estimate of drug-likeness (QED) is 0.521. The zero-order valence-corrected chi connectivity index (χ0v) is 20.1. The van der Waals surface area contributed by atoms with Gasteiger partial charge in [0.1, 0.15) is 28.5 Å². The van der Waals surface area contributed by atoms with Gasteiger partial charge in [-0.25, -0.2) is 14.4 Å². The minimum Gasteiger partial charge on any atom is -0.491 e. The van der Waals surface area contributed by atoms with Crippen LogP contribution in [0.2, 0.25) is 0 Å². The molecule has 0 radical (unpaired) electrons. The van der Waals surface area contributed by atoms with E-state index < -0.39 is 17.5 Å². The van der Waals surface area contributed by atoms with Crippen LogP contribution in [0.15, 0.2) is 24.5 Å². The maximum absolute atomic E-state index is 14.1. The van der Waals surface area contributed by atoms with Crippen molar-refractivity contribution in [3.8, 4) is 5.75 Å². The number of nitrogens with two attached hydrogens (primary N) is 1. The second kappa shape index (κ2) is 8.75. The third-order valence-corrected chi connectivity index (χ3v) is 7.56. The molecule has 1 aliphatic carbocycles. The fraction of sp³-hybridized carbons (Fsp3) is 0.458. The number of benzene rings is 1. The first kappa shape index (κ1) is 22.9. The van der Waals surface area contributed by atoms with E-state index in [4.69, 9.17) is 19.9 Å². The van der Waals surface area contributed by atoms with Crippen LogP contribution in [0.3, 0.4) is 0 Å². The van der Waals surface area contributed by atoms with Crippen molar-refractivity contribution in [3.63, 3.8) is 0 Å². The Balaban J connectivity index is 1.40. The Labute approximate surface area is 200 Å². The van der Waals surface area contributed by atoms with E-state index in [0.29, 0.717) is 44.5 Å². The Morgan fingerprint density at radius 3 is 2.94 bits per heavy atom. The summed E-state index contributed by atoms with van der Waals surface area (Å²) in [5.74, 6) is -0.516. The van der Waals surface area contributed by atoms with E-state index in [-0.39, 0.29) is 18.1 Å². The van der Waals surface area contributed by atoms with Gasteiger partial charge in [-0.05, 0) is 51.3 Å².